The molecule has 7 nitrogen and oxygen atoms in total. The molecule has 1 amide bonds. The van der Waals surface area contributed by atoms with Crippen molar-refractivity contribution < 1.29 is 24.2 Å². The third kappa shape index (κ3) is 8.99. The van der Waals surface area contributed by atoms with Gasteiger partial charge in [-0.15, -0.1) is 0 Å². The third-order valence-electron chi connectivity index (χ3n) is 3.74. The summed E-state index contributed by atoms with van der Waals surface area (Å²) >= 11 is 0. The van der Waals surface area contributed by atoms with E-state index >= 15 is 0 Å². The number of ether oxygens (including phenoxy) is 1. The zero-order valence-corrected chi connectivity index (χ0v) is 16.3. The molecule has 0 bridgehead atoms. The zero-order chi connectivity index (χ0) is 20.4. The summed E-state index contributed by atoms with van der Waals surface area (Å²) in [5.41, 5.74) is 0.814. The second-order valence-corrected chi connectivity index (χ2v) is 7.48. The number of carbonyl (C=O) groups excluding carboxylic acids is 2. The Balaban J connectivity index is 2.89. The van der Waals surface area contributed by atoms with E-state index in [0.717, 1.165) is 5.56 Å². The maximum atomic E-state index is 12.6. The van der Waals surface area contributed by atoms with E-state index in [0.29, 0.717) is 6.42 Å². The Hall–Kier alpha value is -2.70. The molecule has 0 aromatic heterocycles. The van der Waals surface area contributed by atoms with Gasteiger partial charge in [-0.1, -0.05) is 51.1 Å². The molecular formula is C20H28N2O5. The van der Waals surface area contributed by atoms with Crippen LogP contribution in [0.25, 0.3) is 0 Å². The van der Waals surface area contributed by atoms with Crippen molar-refractivity contribution in [1.29, 1.82) is 0 Å². The summed E-state index contributed by atoms with van der Waals surface area (Å²) in [6.07, 6.45) is 1.95. The Kier molecular flexibility index (Phi) is 8.65. The first-order valence-electron chi connectivity index (χ1n) is 8.78. The van der Waals surface area contributed by atoms with Gasteiger partial charge in [-0.3, -0.25) is 14.6 Å². The minimum absolute atomic E-state index is 0.0321. The molecule has 0 aliphatic carbocycles. The van der Waals surface area contributed by atoms with E-state index < -0.39 is 36.4 Å². The van der Waals surface area contributed by atoms with Crippen molar-refractivity contribution in [2.75, 3.05) is 7.11 Å². The fraction of sp³-hybridized carbons (Fsp3) is 0.500. The Morgan fingerprint density at radius 2 is 1.85 bits per heavy atom. The first-order valence-corrected chi connectivity index (χ1v) is 8.78. The van der Waals surface area contributed by atoms with Crippen molar-refractivity contribution in [2.45, 2.75) is 52.1 Å². The fourth-order valence-electron chi connectivity index (χ4n) is 2.29. The Labute approximate surface area is 159 Å². The summed E-state index contributed by atoms with van der Waals surface area (Å²) in [5.74, 6) is -2.35. The lowest BCUT2D eigenvalue weighted by Gasteiger charge is -2.19. The molecule has 1 rings (SSSR count). The molecule has 0 saturated carbocycles. The second-order valence-electron chi connectivity index (χ2n) is 7.48. The minimum Gasteiger partial charge on any atom is -0.481 e. The summed E-state index contributed by atoms with van der Waals surface area (Å²) in [5, 5.41) is 11.6. The molecule has 0 heterocycles. The number of hydrogen-bond donors (Lipinski definition) is 2. The van der Waals surface area contributed by atoms with Crippen molar-refractivity contribution in [1.82, 2.24) is 5.32 Å². The molecule has 0 saturated heterocycles. The van der Waals surface area contributed by atoms with Gasteiger partial charge in [0, 0.05) is 12.6 Å². The van der Waals surface area contributed by atoms with Crippen molar-refractivity contribution in [3.63, 3.8) is 0 Å². The van der Waals surface area contributed by atoms with E-state index in [1.54, 1.807) is 6.21 Å². The first kappa shape index (κ1) is 22.3. The summed E-state index contributed by atoms with van der Waals surface area (Å²) in [6.45, 7) is 6.04. The van der Waals surface area contributed by atoms with E-state index in [9.17, 15) is 14.4 Å². The van der Waals surface area contributed by atoms with Crippen LogP contribution in [0.15, 0.2) is 35.3 Å². The Morgan fingerprint density at radius 1 is 1.22 bits per heavy atom. The van der Waals surface area contributed by atoms with Gasteiger partial charge in [-0.05, 0) is 17.4 Å². The van der Waals surface area contributed by atoms with E-state index in [2.05, 4.69) is 10.3 Å². The highest BCUT2D eigenvalue weighted by molar-refractivity contribution is 5.91. The highest BCUT2D eigenvalue weighted by Crippen LogP contribution is 2.16. The van der Waals surface area contributed by atoms with Crippen LogP contribution in [0.3, 0.4) is 0 Å². The van der Waals surface area contributed by atoms with Crippen molar-refractivity contribution >= 4 is 24.1 Å². The number of nitrogens with zero attached hydrogens (tertiary/aromatic N) is 1. The van der Waals surface area contributed by atoms with Crippen molar-refractivity contribution in [2.24, 2.45) is 10.4 Å². The molecule has 1 aromatic rings. The molecular weight excluding hydrogens is 348 g/mol. The van der Waals surface area contributed by atoms with E-state index in [1.807, 2.05) is 51.1 Å². The van der Waals surface area contributed by atoms with Crippen LogP contribution in [0.1, 0.15) is 39.2 Å². The topological polar surface area (TPSA) is 105 Å². The van der Waals surface area contributed by atoms with Crippen molar-refractivity contribution in [3.05, 3.63) is 35.9 Å². The van der Waals surface area contributed by atoms with Crippen LogP contribution < -0.4 is 5.32 Å². The largest absolute Gasteiger partial charge is 0.481 e. The number of hydrogen-bond acceptors (Lipinski definition) is 5. The number of methoxy groups -OCH3 is 1. The number of rotatable bonds is 9. The van der Waals surface area contributed by atoms with E-state index in [-0.39, 0.29) is 11.8 Å². The monoisotopic (exact) mass is 376 g/mol. The number of carboxylic acid groups (broad SMARTS) is 1. The highest BCUT2D eigenvalue weighted by Gasteiger charge is 2.27. The lowest BCUT2D eigenvalue weighted by molar-refractivity contribution is -0.145. The summed E-state index contributed by atoms with van der Waals surface area (Å²) < 4.78 is 4.76. The zero-order valence-electron chi connectivity index (χ0n) is 16.3. The van der Waals surface area contributed by atoms with Crippen molar-refractivity contribution in [3.8, 4) is 0 Å². The normalized spacial score (nSPS) is 13.8. The van der Waals surface area contributed by atoms with Gasteiger partial charge in [0.2, 0.25) is 5.91 Å². The summed E-state index contributed by atoms with van der Waals surface area (Å²) in [6, 6.07) is 7.15. The number of carboxylic acids is 1. The Morgan fingerprint density at radius 3 is 2.37 bits per heavy atom. The van der Waals surface area contributed by atoms with Crippen LogP contribution in [-0.2, 0) is 25.5 Å². The van der Waals surface area contributed by atoms with Crippen LogP contribution in [0.5, 0.6) is 0 Å². The molecule has 1 aromatic carbocycles. The molecule has 0 unspecified atom stereocenters. The average Bonchev–Trinajstić information content (AvgIpc) is 2.59. The standard InChI is InChI=1S/C20H28N2O5/c1-20(2,3)10-11-21-15(13-17(23)24)18(25)22-16(19(26)27-4)12-14-8-6-5-7-9-14/h5-9,11,15-16H,10,12-13H2,1-4H3,(H,22,25)(H,23,24)/t15-,16-/m0/s1. The second kappa shape index (κ2) is 10.4. The van der Waals surface area contributed by atoms with Gasteiger partial charge in [-0.25, -0.2) is 4.79 Å². The van der Waals surface area contributed by atoms with Gasteiger partial charge in [-0.2, -0.15) is 0 Å². The van der Waals surface area contributed by atoms with Gasteiger partial charge < -0.3 is 15.2 Å². The molecule has 2 N–H and O–H groups in total. The van der Waals surface area contributed by atoms with E-state index in [1.165, 1.54) is 7.11 Å². The van der Waals surface area contributed by atoms with Crippen LogP contribution in [0.4, 0.5) is 0 Å². The fourth-order valence-corrected chi connectivity index (χ4v) is 2.29. The first-order chi connectivity index (χ1) is 12.6. The van der Waals surface area contributed by atoms with Gasteiger partial charge in [0.05, 0.1) is 13.5 Å². The van der Waals surface area contributed by atoms with Gasteiger partial charge in [0.1, 0.15) is 12.1 Å². The number of nitrogens with one attached hydrogen (secondary N) is 1. The van der Waals surface area contributed by atoms with Crippen LogP contribution >= 0.6 is 0 Å². The number of aliphatic carboxylic acids is 1. The molecule has 7 heteroatoms. The molecule has 2 atom stereocenters. The molecule has 27 heavy (non-hydrogen) atoms. The van der Waals surface area contributed by atoms with E-state index in [4.69, 9.17) is 9.84 Å². The number of aliphatic imine (C=N–C) groups is 1. The quantitative estimate of drug-likeness (QED) is 0.508. The lowest BCUT2D eigenvalue weighted by atomic mass is 9.93. The maximum Gasteiger partial charge on any atom is 0.328 e. The third-order valence-corrected chi connectivity index (χ3v) is 3.74. The highest BCUT2D eigenvalue weighted by atomic mass is 16.5. The van der Waals surface area contributed by atoms with Crippen LogP contribution in [-0.4, -0.2) is 48.4 Å². The minimum atomic E-state index is -1.14. The number of benzene rings is 1. The van der Waals surface area contributed by atoms with Gasteiger partial charge in [0.25, 0.3) is 0 Å². The maximum absolute atomic E-state index is 12.6. The van der Waals surface area contributed by atoms with Crippen LogP contribution in [0.2, 0.25) is 0 Å². The summed E-state index contributed by atoms with van der Waals surface area (Å²) in [7, 11) is 1.24. The average molecular weight is 376 g/mol. The lowest BCUT2D eigenvalue weighted by Crippen LogP contribution is -2.47. The number of esters is 1. The SMILES string of the molecule is COC(=O)[C@H](Cc1ccccc1)NC(=O)[C@H](CC(=O)O)N=CCC(C)(C)C. The molecule has 0 spiro atoms. The number of carbonyl (C=O) groups is 3. The van der Waals surface area contributed by atoms with Gasteiger partial charge in [0.15, 0.2) is 0 Å². The number of amides is 1. The van der Waals surface area contributed by atoms with Crippen LogP contribution in [0, 0.1) is 5.41 Å². The predicted molar refractivity (Wildman–Crippen MR) is 103 cm³/mol. The Bertz CT molecular complexity index is 665. The molecule has 0 aliphatic heterocycles. The van der Waals surface area contributed by atoms with Gasteiger partial charge >= 0.3 is 11.9 Å². The molecule has 0 aliphatic rings. The predicted octanol–water partition coefficient (Wildman–Crippen LogP) is 2.24. The molecule has 0 fully saturated rings. The summed E-state index contributed by atoms with van der Waals surface area (Å²) in [4.78, 5) is 39.8. The molecule has 148 valence electrons. The molecule has 0 radical (unpaired) electrons. The smallest absolute Gasteiger partial charge is 0.328 e.